The van der Waals surface area contributed by atoms with Gasteiger partial charge < -0.3 is 5.32 Å². The Morgan fingerprint density at radius 1 is 1.29 bits per heavy atom. The van der Waals surface area contributed by atoms with E-state index in [4.69, 9.17) is 0 Å². The maximum atomic E-state index is 14.1. The Morgan fingerprint density at radius 3 is 2.65 bits per heavy atom. The summed E-state index contributed by atoms with van der Waals surface area (Å²) in [5, 5.41) is 3.01. The Bertz CT molecular complexity index is 481. The number of nitrogens with zero attached hydrogens (tertiary/aromatic N) is 1. The Kier molecular flexibility index (Phi) is 3.27. The highest BCUT2D eigenvalue weighted by atomic mass is 19.1. The second-order valence-corrected chi connectivity index (χ2v) is 4.33. The summed E-state index contributed by atoms with van der Waals surface area (Å²) in [5.74, 6) is -0.139. The average Bonchev–Trinajstić information content (AvgIpc) is 2.30. The zero-order valence-electron chi connectivity index (χ0n) is 10.5. The van der Waals surface area contributed by atoms with Gasteiger partial charge in [0.25, 0.3) is 0 Å². The molecule has 90 valence electrons. The molecule has 0 spiro atoms. The minimum atomic E-state index is -0.139. The molecule has 2 rings (SSSR count). The highest BCUT2D eigenvalue weighted by molar-refractivity contribution is 5.74. The first-order valence-corrected chi connectivity index (χ1v) is 5.83. The van der Waals surface area contributed by atoms with Gasteiger partial charge in [-0.2, -0.15) is 0 Å². The Morgan fingerprint density at radius 2 is 2.06 bits per heavy atom. The van der Waals surface area contributed by atoms with Gasteiger partial charge in [-0.1, -0.05) is 0 Å². The van der Waals surface area contributed by atoms with Crippen molar-refractivity contribution in [2.24, 2.45) is 0 Å². The molecule has 0 aromatic carbocycles. The van der Waals surface area contributed by atoms with E-state index in [0.717, 1.165) is 40.9 Å². The number of hydrogen-bond donors (Lipinski definition) is 1. The lowest BCUT2D eigenvalue weighted by atomic mass is 9.91. The average molecular weight is 232 g/mol. The van der Waals surface area contributed by atoms with E-state index < -0.39 is 0 Å². The molecule has 3 heteroatoms. The lowest BCUT2D eigenvalue weighted by Gasteiger charge is -2.18. The molecule has 0 atom stereocenters. The molecule has 0 saturated carbocycles. The zero-order chi connectivity index (χ0) is 12.4. The van der Waals surface area contributed by atoms with Crippen LogP contribution in [0.2, 0.25) is 0 Å². The fourth-order valence-electron chi connectivity index (χ4n) is 2.28. The van der Waals surface area contributed by atoms with E-state index in [2.05, 4.69) is 10.3 Å². The first kappa shape index (κ1) is 11.8. The molecule has 0 unspecified atom stereocenters. The van der Waals surface area contributed by atoms with Crippen LogP contribution in [0.5, 0.6) is 0 Å². The van der Waals surface area contributed by atoms with Gasteiger partial charge in [0.15, 0.2) is 0 Å². The third-order valence-corrected chi connectivity index (χ3v) is 3.21. The molecular formula is C14H17FN2. The fourth-order valence-corrected chi connectivity index (χ4v) is 2.28. The maximum Gasteiger partial charge on any atom is 0.128 e. The Labute approximate surface area is 101 Å². The van der Waals surface area contributed by atoms with E-state index in [0.29, 0.717) is 0 Å². The van der Waals surface area contributed by atoms with Crippen molar-refractivity contribution in [1.29, 1.82) is 0 Å². The quantitative estimate of drug-likeness (QED) is 0.846. The summed E-state index contributed by atoms with van der Waals surface area (Å²) in [6.45, 7) is 3.93. The predicted octanol–water partition coefficient (Wildman–Crippen LogP) is 3.28. The molecular weight excluding hydrogens is 215 g/mol. The van der Waals surface area contributed by atoms with Gasteiger partial charge >= 0.3 is 0 Å². The van der Waals surface area contributed by atoms with Crippen molar-refractivity contribution in [2.75, 3.05) is 7.05 Å². The second kappa shape index (κ2) is 4.70. The van der Waals surface area contributed by atoms with Crippen LogP contribution in [0.4, 0.5) is 4.39 Å². The Hall–Kier alpha value is -1.64. The second-order valence-electron chi connectivity index (χ2n) is 4.33. The summed E-state index contributed by atoms with van der Waals surface area (Å²) in [7, 11) is 1.82. The van der Waals surface area contributed by atoms with Gasteiger partial charge in [-0.25, -0.2) is 4.39 Å². The van der Waals surface area contributed by atoms with Gasteiger partial charge in [-0.15, -0.1) is 0 Å². The number of nitrogens with one attached hydrogen (secondary N) is 1. The van der Waals surface area contributed by atoms with Crippen LogP contribution in [-0.4, -0.2) is 12.0 Å². The molecule has 0 saturated heterocycles. The number of halogens is 1. The van der Waals surface area contributed by atoms with Gasteiger partial charge in [0.2, 0.25) is 0 Å². The standard InChI is InChI=1S/C14H17FN2/c1-9-6-7-17-10(2)14(9)12-5-4-11(16-3)8-13(12)15/h6-8,16H,4-5H2,1-3H3. The van der Waals surface area contributed by atoms with Crippen LogP contribution in [0.25, 0.3) is 5.57 Å². The van der Waals surface area contributed by atoms with Gasteiger partial charge in [-0.05, 0) is 50.0 Å². The molecule has 1 aromatic heterocycles. The highest BCUT2D eigenvalue weighted by Crippen LogP contribution is 2.34. The molecule has 2 nitrogen and oxygen atoms in total. The van der Waals surface area contributed by atoms with E-state index in [1.807, 2.05) is 27.0 Å². The van der Waals surface area contributed by atoms with Gasteiger partial charge in [-0.3, -0.25) is 4.98 Å². The third-order valence-electron chi connectivity index (χ3n) is 3.21. The largest absolute Gasteiger partial charge is 0.391 e. The molecule has 0 bridgehead atoms. The first-order valence-electron chi connectivity index (χ1n) is 5.83. The van der Waals surface area contributed by atoms with E-state index in [1.165, 1.54) is 0 Å². The Balaban J connectivity index is 2.51. The van der Waals surface area contributed by atoms with Crippen LogP contribution in [0.3, 0.4) is 0 Å². The lowest BCUT2D eigenvalue weighted by molar-refractivity contribution is 0.647. The monoisotopic (exact) mass is 232 g/mol. The first-order chi connectivity index (χ1) is 8.13. The maximum absolute atomic E-state index is 14.1. The number of aromatic nitrogens is 1. The number of hydrogen-bond acceptors (Lipinski definition) is 2. The van der Waals surface area contributed by atoms with Crippen molar-refractivity contribution >= 4 is 5.57 Å². The SMILES string of the molecule is CNC1=CC(F)=C(c2c(C)ccnc2C)CC1. The molecule has 1 aliphatic rings. The molecule has 1 aromatic rings. The van der Waals surface area contributed by atoms with E-state index in [9.17, 15) is 4.39 Å². The van der Waals surface area contributed by atoms with Crippen LogP contribution >= 0.6 is 0 Å². The molecule has 1 aliphatic carbocycles. The third kappa shape index (κ3) is 2.23. The molecule has 1 N–H and O–H groups in total. The van der Waals surface area contributed by atoms with Crippen LogP contribution in [0.1, 0.15) is 29.7 Å². The molecule has 17 heavy (non-hydrogen) atoms. The summed E-state index contributed by atoms with van der Waals surface area (Å²) in [4.78, 5) is 4.25. The normalized spacial score (nSPS) is 15.9. The van der Waals surface area contributed by atoms with Crippen molar-refractivity contribution in [1.82, 2.24) is 10.3 Å². The summed E-state index contributed by atoms with van der Waals surface area (Å²) < 4.78 is 14.1. The fraction of sp³-hybridized carbons (Fsp3) is 0.357. The highest BCUT2D eigenvalue weighted by Gasteiger charge is 2.18. The van der Waals surface area contributed by atoms with E-state index >= 15 is 0 Å². The number of pyridine rings is 1. The van der Waals surface area contributed by atoms with Crippen LogP contribution in [-0.2, 0) is 0 Å². The summed E-state index contributed by atoms with van der Waals surface area (Å²) in [6, 6.07) is 1.93. The number of allylic oxidation sites excluding steroid dienone is 4. The molecule has 0 radical (unpaired) electrons. The van der Waals surface area contributed by atoms with Gasteiger partial charge in [0.05, 0.1) is 0 Å². The predicted molar refractivity (Wildman–Crippen MR) is 68.1 cm³/mol. The smallest absolute Gasteiger partial charge is 0.128 e. The van der Waals surface area contributed by atoms with Crippen LogP contribution < -0.4 is 5.32 Å². The van der Waals surface area contributed by atoms with Crippen LogP contribution in [0.15, 0.2) is 29.9 Å². The molecule has 0 fully saturated rings. The minimum Gasteiger partial charge on any atom is -0.391 e. The lowest BCUT2D eigenvalue weighted by Crippen LogP contribution is -2.10. The molecule has 0 aliphatic heterocycles. The van der Waals surface area contributed by atoms with Crippen molar-refractivity contribution in [3.05, 3.63) is 46.7 Å². The van der Waals surface area contributed by atoms with Crippen molar-refractivity contribution in [3.8, 4) is 0 Å². The van der Waals surface area contributed by atoms with Crippen molar-refractivity contribution in [2.45, 2.75) is 26.7 Å². The van der Waals surface area contributed by atoms with Crippen molar-refractivity contribution < 1.29 is 4.39 Å². The zero-order valence-corrected chi connectivity index (χ0v) is 10.5. The van der Waals surface area contributed by atoms with E-state index in [1.54, 1.807) is 12.3 Å². The van der Waals surface area contributed by atoms with Gasteiger partial charge in [0, 0.05) is 30.2 Å². The summed E-state index contributed by atoms with van der Waals surface area (Å²) in [6.07, 6.45) is 4.94. The topological polar surface area (TPSA) is 24.9 Å². The van der Waals surface area contributed by atoms with Gasteiger partial charge in [0.1, 0.15) is 5.83 Å². The minimum absolute atomic E-state index is 0.139. The number of aryl methyl sites for hydroxylation is 2. The molecule has 0 amide bonds. The van der Waals surface area contributed by atoms with Crippen molar-refractivity contribution in [3.63, 3.8) is 0 Å². The van der Waals surface area contributed by atoms with Crippen LogP contribution in [0, 0.1) is 13.8 Å². The number of rotatable bonds is 2. The summed E-state index contributed by atoms with van der Waals surface area (Å²) >= 11 is 0. The molecule has 1 heterocycles. The summed E-state index contributed by atoms with van der Waals surface area (Å²) in [5.41, 5.74) is 4.69. The van der Waals surface area contributed by atoms with E-state index in [-0.39, 0.29) is 5.83 Å².